The first kappa shape index (κ1) is 12.4. The number of halogens is 2. The molecule has 1 heterocycles. The molecule has 2 aromatic rings. The van der Waals surface area contributed by atoms with Gasteiger partial charge in [-0.05, 0) is 17.7 Å². The van der Waals surface area contributed by atoms with E-state index in [0.29, 0.717) is 22.7 Å². The molecule has 0 aliphatic carbocycles. The van der Waals surface area contributed by atoms with Crippen molar-refractivity contribution >= 4 is 17.4 Å². The van der Waals surface area contributed by atoms with Gasteiger partial charge in [-0.2, -0.15) is 5.10 Å². The maximum absolute atomic E-state index is 13.2. The maximum atomic E-state index is 13.2. The molecule has 7 heteroatoms. The number of nitrogens with two attached hydrogens (primary N) is 1. The third-order valence-corrected chi connectivity index (χ3v) is 2.58. The van der Waals surface area contributed by atoms with Crippen molar-refractivity contribution in [1.29, 1.82) is 0 Å². The lowest BCUT2D eigenvalue weighted by molar-refractivity contribution is 0.318. The maximum Gasteiger partial charge on any atom is 0.170 e. The van der Waals surface area contributed by atoms with Gasteiger partial charge in [-0.3, -0.25) is 4.68 Å². The van der Waals surface area contributed by atoms with Crippen LogP contribution in [0.5, 0.6) is 0 Å². The topological polar surface area (TPSA) is 76.4 Å². The van der Waals surface area contributed by atoms with Gasteiger partial charge >= 0.3 is 0 Å². The Morgan fingerprint density at radius 1 is 1.56 bits per heavy atom. The van der Waals surface area contributed by atoms with Crippen molar-refractivity contribution in [2.24, 2.45) is 10.9 Å². The zero-order chi connectivity index (χ0) is 13.1. The van der Waals surface area contributed by atoms with Crippen molar-refractivity contribution in [2.45, 2.75) is 6.54 Å². The van der Waals surface area contributed by atoms with Gasteiger partial charge in [0.05, 0.1) is 17.8 Å². The summed E-state index contributed by atoms with van der Waals surface area (Å²) in [6.07, 6.45) is 3.12. The van der Waals surface area contributed by atoms with Crippen molar-refractivity contribution in [3.05, 3.63) is 52.6 Å². The number of nitrogens with zero attached hydrogens (tertiary/aromatic N) is 3. The molecule has 0 saturated carbocycles. The standard InChI is InChI=1S/C11H10ClFN4O/c12-8-4-15-17(6-8)5-7-1-2-9(13)3-10(7)11(14)16-18/h1-4,6,18H,5H2,(H2,14,16). The summed E-state index contributed by atoms with van der Waals surface area (Å²) in [4.78, 5) is 0. The Morgan fingerprint density at radius 3 is 2.94 bits per heavy atom. The van der Waals surface area contributed by atoms with Crippen molar-refractivity contribution in [2.75, 3.05) is 0 Å². The highest BCUT2D eigenvalue weighted by Gasteiger charge is 2.09. The lowest BCUT2D eigenvalue weighted by Gasteiger charge is -2.08. The molecule has 5 nitrogen and oxygen atoms in total. The average molecular weight is 269 g/mol. The fourth-order valence-electron chi connectivity index (χ4n) is 1.58. The second-order valence-electron chi connectivity index (χ2n) is 3.64. The Hall–Kier alpha value is -2.08. The van der Waals surface area contributed by atoms with E-state index in [1.54, 1.807) is 16.9 Å². The van der Waals surface area contributed by atoms with Gasteiger partial charge in [0.25, 0.3) is 0 Å². The lowest BCUT2D eigenvalue weighted by atomic mass is 10.1. The highest BCUT2D eigenvalue weighted by Crippen LogP contribution is 2.14. The van der Waals surface area contributed by atoms with Crippen LogP contribution < -0.4 is 5.73 Å². The minimum Gasteiger partial charge on any atom is -0.409 e. The largest absolute Gasteiger partial charge is 0.409 e. The summed E-state index contributed by atoms with van der Waals surface area (Å²) in [7, 11) is 0. The van der Waals surface area contributed by atoms with Gasteiger partial charge in [0.1, 0.15) is 5.82 Å². The Morgan fingerprint density at radius 2 is 2.33 bits per heavy atom. The number of aromatic nitrogens is 2. The molecule has 18 heavy (non-hydrogen) atoms. The molecule has 94 valence electrons. The van der Waals surface area contributed by atoms with Gasteiger partial charge in [0, 0.05) is 11.8 Å². The Balaban J connectivity index is 2.38. The number of hydrogen-bond acceptors (Lipinski definition) is 3. The van der Waals surface area contributed by atoms with Crippen LogP contribution >= 0.6 is 11.6 Å². The van der Waals surface area contributed by atoms with Gasteiger partial charge in [0.2, 0.25) is 0 Å². The van der Waals surface area contributed by atoms with Crippen LogP contribution in [0.25, 0.3) is 0 Å². The fourth-order valence-corrected chi connectivity index (χ4v) is 1.73. The predicted molar refractivity (Wildman–Crippen MR) is 65.2 cm³/mol. The Kier molecular flexibility index (Phi) is 3.47. The third-order valence-electron chi connectivity index (χ3n) is 2.39. The van der Waals surface area contributed by atoms with E-state index in [9.17, 15) is 4.39 Å². The predicted octanol–water partition coefficient (Wildman–Crippen LogP) is 1.82. The molecule has 0 amide bonds. The second-order valence-corrected chi connectivity index (χ2v) is 4.08. The highest BCUT2D eigenvalue weighted by molar-refractivity contribution is 6.30. The molecule has 0 bridgehead atoms. The lowest BCUT2D eigenvalue weighted by Crippen LogP contribution is -2.17. The van der Waals surface area contributed by atoms with E-state index in [0.717, 1.165) is 0 Å². The number of hydrogen-bond donors (Lipinski definition) is 2. The highest BCUT2D eigenvalue weighted by atomic mass is 35.5. The molecule has 0 aliphatic heterocycles. The van der Waals surface area contributed by atoms with Crippen LogP contribution in [0.15, 0.2) is 35.7 Å². The summed E-state index contributed by atoms with van der Waals surface area (Å²) in [5.74, 6) is -0.610. The quantitative estimate of drug-likeness (QED) is 0.386. The molecule has 0 radical (unpaired) electrons. The first-order valence-electron chi connectivity index (χ1n) is 5.04. The van der Waals surface area contributed by atoms with Crippen LogP contribution in [-0.4, -0.2) is 20.8 Å². The van der Waals surface area contributed by atoms with Gasteiger partial charge in [-0.1, -0.05) is 22.8 Å². The number of amidine groups is 1. The molecular weight excluding hydrogens is 259 g/mol. The summed E-state index contributed by atoms with van der Waals surface area (Å²) in [6.45, 7) is 0.346. The van der Waals surface area contributed by atoms with Gasteiger partial charge in [-0.15, -0.1) is 0 Å². The monoisotopic (exact) mass is 268 g/mol. The van der Waals surface area contributed by atoms with E-state index in [1.807, 2.05) is 0 Å². The van der Waals surface area contributed by atoms with Gasteiger partial charge in [0.15, 0.2) is 5.84 Å². The van der Waals surface area contributed by atoms with Crippen LogP contribution in [0, 0.1) is 5.82 Å². The third kappa shape index (κ3) is 2.60. The van der Waals surface area contributed by atoms with E-state index in [2.05, 4.69) is 10.3 Å². The Bertz CT molecular complexity index is 596. The summed E-state index contributed by atoms with van der Waals surface area (Å²) >= 11 is 5.75. The van der Waals surface area contributed by atoms with E-state index >= 15 is 0 Å². The minimum absolute atomic E-state index is 0.150. The van der Waals surface area contributed by atoms with E-state index in [1.165, 1.54) is 18.3 Å². The minimum atomic E-state index is -0.459. The molecule has 0 fully saturated rings. The molecule has 2 rings (SSSR count). The Labute approximate surface area is 107 Å². The van der Waals surface area contributed by atoms with Gasteiger partial charge < -0.3 is 10.9 Å². The van der Waals surface area contributed by atoms with Crippen molar-refractivity contribution < 1.29 is 9.60 Å². The molecule has 1 aromatic heterocycles. The SMILES string of the molecule is NC(=NO)c1cc(F)ccc1Cn1cc(Cl)cn1. The number of oxime groups is 1. The average Bonchev–Trinajstić information content (AvgIpc) is 2.76. The zero-order valence-corrected chi connectivity index (χ0v) is 9.97. The molecule has 1 aromatic carbocycles. The van der Waals surface area contributed by atoms with Crippen LogP contribution in [-0.2, 0) is 6.54 Å². The number of rotatable bonds is 3. The normalized spacial score (nSPS) is 11.8. The van der Waals surface area contributed by atoms with E-state index < -0.39 is 5.82 Å². The summed E-state index contributed by atoms with van der Waals surface area (Å²) in [5, 5.41) is 16.1. The molecule has 0 spiro atoms. The molecule has 3 N–H and O–H groups in total. The summed E-state index contributed by atoms with van der Waals surface area (Å²) < 4.78 is 14.7. The summed E-state index contributed by atoms with van der Waals surface area (Å²) in [6, 6.07) is 4.06. The van der Waals surface area contributed by atoms with E-state index in [4.69, 9.17) is 22.5 Å². The van der Waals surface area contributed by atoms with Crippen LogP contribution in [0.4, 0.5) is 4.39 Å². The molecule has 0 unspecified atom stereocenters. The number of benzene rings is 1. The van der Waals surface area contributed by atoms with Crippen molar-refractivity contribution in [3.63, 3.8) is 0 Å². The molecule has 0 saturated heterocycles. The second kappa shape index (κ2) is 5.05. The molecule has 0 atom stereocenters. The van der Waals surface area contributed by atoms with Crippen molar-refractivity contribution in [1.82, 2.24) is 9.78 Å². The first-order chi connectivity index (χ1) is 8.60. The molecular formula is C11H10ClFN4O. The molecule has 0 aliphatic rings. The zero-order valence-electron chi connectivity index (χ0n) is 9.22. The fraction of sp³-hybridized carbons (Fsp3) is 0.0909. The van der Waals surface area contributed by atoms with Gasteiger partial charge in [-0.25, -0.2) is 4.39 Å². The first-order valence-corrected chi connectivity index (χ1v) is 5.42. The van der Waals surface area contributed by atoms with Crippen LogP contribution in [0.3, 0.4) is 0 Å². The summed E-state index contributed by atoms with van der Waals surface area (Å²) in [5.41, 5.74) is 6.50. The smallest absolute Gasteiger partial charge is 0.170 e. The van der Waals surface area contributed by atoms with Crippen LogP contribution in [0.2, 0.25) is 5.02 Å². The van der Waals surface area contributed by atoms with E-state index in [-0.39, 0.29) is 5.84 Å². The van der Waals surface area contributed by atoms with Crippen LogP contribution in [0.1, 0.15) is 11.1 Å². The van der Waals surface area contributed by atoms with Crippen molar-refractivity contribution in [3.8, 4) is 0 Å².